The lowest BCUT2D eigenvalue weighted by Gasteiger charge is -2.20. The maximum atomic E-state index is 13.9. The van der Waals surface area contributed by atoms with E-state index in [1.807, 2.05) is 20.8 Å². The molecule has 14 heteroatoms. The molecule has 50 heavy (non-hydrogen) atoms. The Bertz CT molecular complexity index is 2100. The first-order valence-electron chi connectivity index (χ1n) is 15.6. The van der Waals surface area contributed by atoms with Crippen LogP contribution >= 0.6 is 0 Å². The monoisotopic (exact) mass is 697 g/mol. The molecule has 3 heterocycles. The molecule has 0 unspecified atom stereocenters. The topological polar surface area (TPSA) is 160 Å². The third-order valence-corrected chi connectivity index (χ3v) is 8.86. The average molecular weight is 698 g/mol. The normalized spacial score (nSPS) is 12.2. The lowest BCUT2D eigenvalue weighted by atomic mass is 9.87. The summed E-state index contributed by atoms with van der Waals surface area (Å²) in [7, 11) is -2.75. The number of hydrogen-bond acceptors (Lipinski definition) is 11. The van der Waals surface area contributed by atoms with Crippen LogP contribution < -0.4 is 33.7 Å². The molecule has 0 bridgehead atoms. The summed E-state index contributed by atoms with van der Waals surface area (Å²) in [5.74, 6) is 1.22. The Morgan fingerprint density at radius 3 is 2.36 bits per heavy atom. The molecular formula is C36H35N5O8S. The number of ether oxygens (including phenoxy) is 5. The first-order valence-corrected chi connectivity index (χ1v) is 17.1. The van der Waals surface area contributed by atoms with Crippen LogP contribution in [0.4, 0.5) is 11.6 Å². The molecule has 2 N–H and O–H groups in total. The summed E-state index contributed by atoms with van der Waals surface area (Å²) >= 11 is 0. The smallest absolute Gasteiger partial charge is 0.263 e. The SMILES string of the molecule is COc1ccccc1Oc1c(NS(=O)(=O)c2ccc(C(C)(C)C)cc2)nc(-c2ccc3c(c2)OCO3)nc1OCCC(=O)Nc1ccccn1. The zero-order chi connectivity index (χ0) is 35.3. The number of rotatable bonds is 12. The molecule has 1 aliphatic rings. The second-order valence-corrected chi connectivity index (χ2v) is 13.8. The number of nitrogens with one attached hydrogen (secondary N) is 2. The Morgan fingerprint density at radius 2 is 1.64 bits per heavy atom. The standard InChI is InChI=1S/C36H35N5O8S/c1-36(2,3)24-13-15-25(16-14-24)50(43,44)41-34-32(49-28-10-6-5-9-26(28)45-4)35(46-20-18-31(42)38-30-11-7-8-19-37-30)40-33(39-34)23-12-17-27-29(21-23)48-22-47-27/h5-17,19,21H,18,20,22H2,1-4H3,(H,37,38,42)(H,39,40,41). The lowest BCUT2D eigenvalue weighted by Crippen LogP contribution is -2.18. The van der Waals surface area contributed by atoms with Crippen molar-refractivity contribution >= 4 is 27.6 Å². The number of carbonyl (C=O) groups excluding carboxylic acids is 1. The molecule has 0 fully saturated rings. The van der Waals surface area contributed by atoms with E-state index in [0.717, 1.165) is 5.56 Å². The first-order chi connectivity index (χ1) is 24.0. The number of nitrogens with zero attached hydrogens (tertiary/aromatic N) is 3. The molecule has 0 saturated carbocycles. The van der Waals surface area contributed by atoms with Crippen molar-refractivity contribution in [3.05, 3.63) is 96.7 Å². The molecule has 0 aliphatic carbocycles. The summed E-state index contributed by atoms with van der Waals surface area (Å²) in [5, 5.41) is 2.70. The van der Waals surface area contributed by atoms with Gasteiger partial charge in [0.15, 0.2) is 34.6 Å². The van der Waals surface area contributed by atoms with Gasteiger partial charge in [-0.25, -0.2) is 18.4 Å². The molecule has 0 spiro atoms. The zero-order valence-electron chi connectivity index (χ0n) is 27.8. The second-order valence-electron chi connectivity index (χ2n) is 12.1. The number of aromatic nitrogens is 3. The Labute approximate surface area is 289 Å². The molecule has 13 nitrogen and oxygen atoms in total. The fourth-order valence-electron chi connectivity index (χ4n) is 4.87. The van der Waals surface area contributed by atoms with Gasteiger partial charge in [0.2, 0.25) is 18.4 Å². The quantitative estimate of drug-likeness (QED) is 0.145. The third-order valence-electron chi connectivity index (χ3n) is 7.51. The Balaban J connectivity index is 1.41. The van der Waals surface area contributed by atoms with Crippen LogP contribution in [0.5, 0.6) is 34.6 Å². The molecular weight excluding hydrogens is 662 g/mol. The molecule has 0 saturated heterocycles. The van der Waals surface area contributed by atoms with E-state index in [1.54, 1.807) is 79.0 Å². The Hall–Kier alpha value is -5.89. The Morgan fingerprint density at radius 1 is 0.900 bits per heavy atom. The van der Waals surface area contributed by atoms with Gasteiger partial charge in [-0.15, -0.1) is 0 Å². The van der Waals surface area contributed by atoms with E-state index < -0.39 is 10.0 Å². The summed E-state index contributed by atoms with van der Waals surface area (Å²) in [5.41, 5.74) is 1.26. The number of fused-ring (bicyclic) bond motifs is 1. The molecule has 258 valence electrons. The summed E-state index contributed by atoms with van der Waals surface area (Å²) in [6.45, 7) is 6.02. The zero-order valence-corrected chi connectivity index (χ0v) is 28.6. The van der Waals surface area contributed by atoms with Crippen molar-refractivity contribution in [1.29, 1.82) is 0 Å². The van der Waals surface area contributed by atoms with Gasteiger partial charge in [0, 0.05) is 11.8 Å². The van der Waals surface area contributed by atoms with Crippen LogP contribution in [0, 0.1) is 0 Å². The number of amides is 1. The second kappa shape index (κ2) is 14.3. The highest BCUT2D eigenvalue weighted by molar-refractivity contribution is 7.92. The van der Waals surface area contributed by atoms with Crippen molar-refractivity contribution in [3.8, 4) is 46.0 Å². The van der Waals surface area contributed by atoms with Gasteiger partial charge in [-0.3, -0.25) is 9.52 Å². The number of para-hydroxylation sites is 2. The van der Waals surface area contributed by atoms with Crippen molar-refractivity contribution in [2.24, 2.45) is 0 Å². The van der Waals surface area contributed by atoms with Gasteiger partial charge in [0.05, 0.1) is 25.0 Å². The van der Waals surface area contributed by atoms with Crippen LogP contribution in [-0.4, -0.2) is 49.8 Å². The van der Waals surface area contributed by atoms with E-state index in [2.05, 4.69) is 25.0 Å². The predicted molar refractivity (Wildman–Crippen MR) is 186 cm³/mol. The van der Waals surface area contributed by atoms with Crippen molar-refractivity contribution in [2.45, 2.75) is 37.5 Å². The number of sulfonamides is 1. The minimum absolute atomic E-state index is 0.00523. The highest BCUT2D eigenvalue weighted by Gasteiger charge is 2.27. The van der Waals surface area contributed by atoms with Crippen LogP contribution in [0.15, 0.2) is 96.0 Å². The van der Waals surface area contributed by atoms with Crippen molar-refractivity contribution in [2.75, 3.05) is 30.5 Å². The number of anilines is 2. The van der Waals surface area contributed by atoms with Gasteiger partial charge in [-0.2, -0.15) is 4.98 Å². The van der Waals surface area contributed by atoms with Crippen LogP contribution in [0.25, 0.3) is 11.4 Å². The highest BCUT2D eigenvalue weighted by Crippen LogP contribution is 2.43. The summed E-state index contributed by atoms with van der Waals surface area (Å²) in [4.78, 5) is 26.1. The van der Waals surface area contributed by atoms with Gasteiger partial charge in [-0.05, 0) is 65.6 Å². The number of pyridine rings is 1. The van der Waals surface area contributed by atoms with Crippen LogP contribution in [-0.2, 0) is 20.2 Å². The maximum Gasteiger partial charge on any atom is 0.263 e. The number of methoxy groups -OCH3 is 1. The summed E-state index contributed by atoms with van der Waals surface area (Å²) in [6, 6.07) is 23.6. The third kappa shape index (κ3) is 7.87. The summed E-state index contributed by atoms with van der Waals surface area (Å²) in [6.07, 6.45) is 1.48. The molecule has 5 aromatic rings. The van der Waals surface area contributed by atoms with E-state index in [9.17, 15) is 13.2 Å². The molecule has 0 atom stereocenters. The van der Waals surface area contributed by atoms with E-state index in [0.29, 0.717) is 28.6 Å². The van der Waals surface area contributed by atoms with Crippen molar-refractivity contribution in [3.63, 3.8) is 0 Å². The van der Waals surface area contributed by atoms with Crippen LogP contribution in [0.1, 0.15) is 32.8 Å². The Kier molecular flexibility index (Phi) is 9.72. The molecule has 6 rings (SSSR count). The fraction of sp³-hybridized carbons (Fsp3) is 0.222. The van der Waals surface area contributed by atoms with Crippen molar-refractivity contribution in [1.82, 2.24) is 15.0 Å². The molecule has 1 amide bonds. The van der Waals surface area contributed by atoms with E-state index >= 15 is 0 Å². The maximum absolute atomic E-state index is 13.9. The number of benzene rings is 3. The molecule has 1 aliphatic heterocycles. The minimum atomic E-state index is -4.22. The largest absolute Gasteiger partial charge is 0.493 e. The van der Waals surface area contributed by atoms with Crippen LogP contribution in [0.2, 0.25) is 0 Å². The number of carbonyl (C=O) groups is 1. The van der Waals surface area contributed by atoms with Gasteiger partial charge in [0.1, 0.15) is 5.82 Å². The minimum Gasteiger partial charge on any atom is -0.493 e. The van der Waals surface area contributed by atoms with Crippen molar-refractivity contribution < 1.29 is 36.9 Å². The molecule has 3 aromatic carbocycles. The lowest BCUT2D eigenvalue weighted by molar-refractivity contribution is -0.116. The summed E-state index contributed by atoms with van der Waals surface area (Å²) < 4.78 is 59.2. The van der Waals surface area contributed by atoms with Crippen LogP contribution in [0.3, 0.4) is 0 Å². The van der Waals surface area contributed by atoms with E-state index in [-0.39, 0.29) is 65.1 Å². The predicted octanol–water partition coefficient (Wildman–Crippen LogP) is 6.57. The van der Waals surface area contributed by atoms with Gasteiger partial charge >= 0.3 is 0 Å². The highest BCUT2D eigenvalue weighted by atomic mass is 32.2. The first kappa shape index (κ1) is 34.0. The van der Waals surface area contributed by atoms with E-state index in [1.165, 1.54) is 19.2 Å². The fourth-order valence-corrected chi connectivity index (χ4v) is 5.87. The van der Waals surface area contributed by atoms with Gasteiger partial charge < -0.3 is 29.0 Å². The molecule has 0 radical (unpaired) electrons. The molecule has 2 aromatic heterocycles. The number of hydrogen-bond donors (Lipinski definition) is 2. The van der Waals surface area contributed by atoms with E-state index in [4.69, 9.17) is 23.7 Å². The average Bonchev–Trinajstić information content (AvgIpc) is 3.58. The van der Waals surface area contributed by atoms with Gasteiger partial charge in [0.25, 0.3) is 15.9 Å². The van der Waals surface area contributed by atoms with Gasteiger partial charge in [-0.1, -0.05) is 51.1 Å².